The second kappa shape index (κ2) is 12.7. The van der Waals surface area contributed by atoms with E-state index in [2.05, 4.69) is 42.5 Å². The van der Waals surface area contributed by atoms with Crippen molar-refractivity contribution < 1.29 is 14.7 Å². The number of benzene rings is 1. The number of rotatable bonds is 6. The van der Waals surface area contributed by atoms with Crippen LogP contribution in [0.3, 0.4) is 0 Å². The van der Waals surface area contributed by atoms with E-state index in [4.69, 9.17) is 16.6 Å². The molecule has 0 bridgehead atoms. The number of carbonyl (C=O) groups is 2. The summed E-state index contributed by atoms with van der Waals surface area (Å²) in [7, 11) is 0. The van der Waals surface area contributed by atoms with Gasteiger partial charge in [0.15, 0.2) is 0 Å². The van der Waals surface area contributed by atoms with Crippen molar-refractivity contribution >= 4 is 39.5 Å². The number of fused-ring (bicyclic) bond motifs is 2. The molecule has 1 aliphatic carbocycles. The Bertz CT molecular complexity index is 1370. The number of amides is 2. The molecule has 0 spiro atoms. The first kappa shape index (κ1) is 29.1. The minimum absolute atomic E-state index is 0.0899. The molecular weight excluding hydrogens is 620 g/mol. The predicted octanol–water partition coefficient (Wildman–Crippen LogP) is 5.27. The summed E-state index contributed by atoms with van der Waals surface area (Å²) < 4.78 is 3.03. The zero-order chi connectivity index (χ0) is 29.2. The van der Waals surface area contributed by atoms with Gasteiger partial charge in [-0.05, 0) is 95.3 Å². The van der Waals surface area contributed by atoms with Crippen LogP contribution in [0.15, 0.2) is 53.7 Å². The van der Waals surface area contributed by atoms with E-state index in [1.807, 2.05) is 35.8 Å². The second-order valence-electron chi connectivity index (χ2n) is 11.6. The van der Waals surface area contributed by atoms with Crippen LogP contribution < -0.4 is 0 Å². The summed E-state index contributed by atoms with van der Waals surface area (Å²) in [6.07, 6.45) is 12.2. The largest absolute Gasteiger partial charge is 0.465 e. The standard InChI is InChI=1S/C31H36BrClN6O3/c32-24-16-23-4-3-22-17-25(33)5-6-26(22)29(28(23)35-18-24)38-14-15-39(31(41)42)27(19-38)30(40)37-11-7-21(8-12-37)2-1-10-36-13-9-34-20-36/h5-6,9,13,16-18,20-21,27,29H,1-4,7-8,10-12,14-15,19H2,(H,41,42)/t27-,29?/m1/s1. The van der Waals surface area contributed by atoms with Gasteiger partial charge in [-0.3, -0.25) is 19.6 Å². The maximum absolute atomic E-state index is 14.0. The van der Waals surface area contributed by atoms with Crippen LogP contribution in [-0.2, 0) is 24.2 Å². The highest BCUT2D eigenvalue weighted by atomic mass is 79.9. The normalized spacial score (nSPS) is 21.5. The maximum atomic E-state index is 14.0. The van der Waals surface area contributed by atoms with Crippen molar-refractivity contribution in [2.24, 2.45) is 5.92 Å². The third-order valence-electron chi connectivity index (χ3n) is 9.11. The molecule has 1 N–H and O–H groups in total. The Labute approximate surface area is 259 Å². The van der Waals surface area contributed by atoms with Gasteiger partial charge in [0, 0.05) is 67.4 Å². The Morgan fingerprint density at radius 3 is 2.64 bits per heavy atom. The molecule has 1 unspecified atom stereocenters. The van der Waals surface area contributed by atoms with E-state index in [0.717, 1.165) is 66.4 Å². The van der Waals surface area contributed by atoms with Gasteiger partial charge in [-0.2, -0.15) is 0 Å². The van der Waals surface area contributed by atoms with E-state index >= 15 is 0 Å². The van der Waals surface area contributed by atoms with Gasteiger partial charge in [0.2, 0.25) is 5.91 Å². The van der Waals surface area contributed by atoms with Crippen molar-refractivity contribution in [3.05, 3.63) is 81.1 Å². The first-order valence-electron chi connectivity index (χ1n) is 14.8. The Kier molecular flexibility index (Phi) is 8.83. The number of halogens is 2. The summed E-state index contributed by atoms with van der Waals surface area (Å²) in [4.78, 5) is 40.7. The van der Waals surface area contributed by atoms with Gasteiger partial charge in [-0.25, -0.2) is 9.78 Å². The van der Waals surface area contributed by atoms with Crippen LogP contribution in [0, 0.1) is 5.92 Å². The molecule has 42 heavy (non-hydrogen) atoms. The monoisotopic (exact) mass is 654 g/mol. The van der Waals surface area contributed by atoms with E-state index in [0.29, 0.717) is 37.1 Å². The number of imidazole rings is 1. The first-order chi connectivity index (χ1) is 20.4. The lowest BCUT2D eigenvalue weighted by atomic mass is 9.91. The quantitative estimate of drug-likeness (QED) is 0.389. The molecule has 2 saturated heterocycles. The highest BCUT2D eigenvalue weighted by Crippen LogP contribution is 2.39. The van der Waals surface area contributed by atoms with Crippen LogP contribution in [0.25, 0.3) is 0 Å². The summed E-state index contributed by atoms with van der Waals surface area (Å²) in [5.41, 5.74) is 4.41. The highest BCUT2D eigenvalue weighted by Gasteiger charge is 2.42. The van der Waals surface area contributed by atoms with Crippen molar-refractivity contribution in [1.29, 1.82) is 0 Å². The fourth-order valence-electron chi connectivity index (χ4n) is 6.90. The molecule has 3 aliphatic rings. The van der Waals surface area contributed by atoms with Crippen LogP contribution in [0.1, 0.15) is 54.1 Å². The molecular formula is C31H36BrClN6O3. The second-order valence-corrected chi connectivity index (χ2v) is 13.0. The molecule has 9 nitrogen and oxygen atoms in total. The van der Waals surface area contributed by atoms with Crippen molar-refractivity contribution in [2.75, 3.05) is 32.7 Å². The highest BCUT2D eigenvalue weighted by molar-refractivity contribution is 9.10. The number of nitrogens with zero attached hydrogens (tertiary/aromatic N) is 6. The smallest absolute Gasteiger partial charge is 0.408 e. The van der Waals surface area contributed by atoms with Gasteiger partial charge in [0.05, 0.1) is 18.1 Å². The van der Waals surface area contributed by atoms with E-state index in [1.54, 1.807) is 6.20 Å². The summed E-state index contributed by atoms with van der Waals surface area (Å²) in [6.45, 7) is 3.39. The summed E-state index contributed by atoms with van der Waals surface area (Å²) in [6, 6.07) is 7.19. The molecule has 2 aliphatic heterocycles. The fraction of sp³-hybridized carbons (Fsp3) is 0.484. The molecule has 0 radical (unpaired) electrons. The molecule has 3 aromatic rings. The Hall–Kier alpha value is -2.95. The van der Waals surface area contributed by atoms with E-state index in [1.165, 1.54) is 10.5 Å². The average Bonchev–Trinajstić information content (AvgIpc) is 3.46. The van der Waals surface area contributed by atoms with Gasteiger partial charge in [-0.1, -0.05) is 17.7 Å². The van der Waals surface area contributed by atoms with Gasteiger partial charge in [0.25, 0.3) is 0 Å². The van der Waals surface area contributed by atoms with Crippen LogP contribution in [-0.4, -0.2) is 85.1 Å². The number of carbonyl (C=O) groups excluding carboxylic acids is 1. The third-order valence-corrected chi connectivity index (χ3v) is 9.78. The molecule has 4 heterocycles. The number of hydrogen-bond acceptors (Lipinski definition) is 5. The summed E-state index contributed by atoms with van der Waals surface area (Å²) >= 11 is 9.98. The van der Waals surface area contributed by atoms with Gasteiger partial charge >= 0.3 is 6.09 Å². The van der Waals surface area contributed by atoms with Gasteiger partial charge in [0.1, 0.15) is 6.04 Å². The van der Waals surface area contributed by atoms with E-state index in [-0.39, 0.29) is 18.5 Å². The average molecular weight is 656 g/mol. The van der Waals surface area contributed by atoms with E-state index < -0.39 is 12.1 Å². The van der Waals surface area contributed by atoms with Crippen molar-refractivity contribution in [1.82, 2.24) is 29.2 Å². The van der Waals surface area contributed by atoms with Crippen molar-refractivity contribution in [3.8, 4) is 0 Å². The third kappa shape index (κ3) is 6.21. The molecule has 2 aromatic heterocycles. The Morgan fingerprint density at radius 1 is 1.07 bits per heavy atom. The predicted molar refractivity (Wildman–Crippen MR) is 163 cm³/mol. The summed E-state index contributed by atoms with van der Waals surface area (Å²) in [5.74, 6) is 0.486. The number of piperazine rings is 1. The minimum atomic E-state index is -1.04. The van der Waals surface area contributed by atoms with Crippen LogP contribution in [0.4, 0.5) is 4.79 Å². The topological polar surface area (TPSA) is 94.8 Å². The number of pyridine rings is 1. The summed E-state index contributed by atoms with van der Waals surface area (Å²) in [5, 5.41) is 10.8. The maximum Gasteiger partial charge on any atom is 0.408 e. The first-order valence-corrected chi connectivity index (χ1v) is 15.9. The Morgan fingerprint density at radius 2 is 1.88 bits per heavy atom. The number of carboxylic acid groups (broad SMARTS) is 1. The molecule has 2 fully saturated rings. The van der Waals surface area contributed by atoms with Crippen molar-refractivity contribution in [3.63, 3.8) is 0 Å². The number of aryl methyl sites for hydroxylation is 3. The van der Waals surface area contributed by atoms with Crippen LogP contribution in [0.2, 0.25) is 5.02 Å². The number of hydrogen-bond donors (Lipinski definition) is 1. The lowest BCUT2D eigenvalue weighted by Crippen LogP contribution is -2.62. The van der Waals surface area contributed by atoms with Gasteiger partial charge < -0.3 is 14.6 Å². The fourth-order valence-corrected chi connectivity index (χ4v) is 7.47. The molecule has 222 valence electrons. The molecule has 1 aromatic carbocycles. The lowest BCUT2D eigenvalue weighted by molar-refractivity contribution is -0.140. The number of piperidine rings is 1. The molecule has 11 heteroatoms. The molecule has 6 rings (SSSR count). The van der Waals surface area contributed by atoms with E-state index in [9.17, 15) is 14.7 Å². The van der Waals surface area contributed by atoms with Crippen molar-refractivity contribution in [2.45, 2.75) is 57.2 Å². The minimum Gasteiger partial charge on any atom is -0.465 e. The van der Waals surface area contributed by atoms with Crippen LogP contribution in [0.5, 0.6) is 0 Å². The number of likely N-dealkylation sites (tertiary alicyclic amines) is 1. The van der Waals surface area contributed by atoms with Crippen LogP contribution >= 0.6 is 27.5 Å². The zero-order valence-corrected chi connectivity index (χ0v) is 25.9. The Balaban J connectivity index is 1.19. The molecule has 2 amide bonds. The molecule has 0 saturated carbocycles. The lowest BCUT2D eigenvalue weighted by Gasteiger charge is -2.45. The zero-order valence-electron chi connectivity index (χ0n) is 23.5. The van der Waals surface area contributed by atoms with Gasteiger partial charge in [-0.15, -0.1) is 0 Å². The number of aromatic nitrogens is 3. The molecule has 2 atom stereocenters. The SMILES string of the molecule is O=C([C@H]1CN(C2c3ccc(Cl)cc3CCc3cc(Br)cnc32)CCN1C(=O)O)N1CCC(CCCn2ccnc2)CC1.